The van der Waals surface area contributed by atoms with E-state index in [2.05, 4.69) is 48.0 Å². The molecule has 1 aliphatic rings. The first-order chi connectivity index (χ1) is 20.0. The van der Waals surface area contributed by atoms with Crippen molar-refractivity contribution in [3.8, 4) is 23.8 Å². The Hall–Kier alpha value is -5.50. The highest BCUT2D eigenvalue weighted by molar-refractivity contribution is 5.88. The second-order valence-corrected chi connectivity index (χ2v) is 9.69. The van der Waals surface area contributed by atoms with E-state index >= 15 is 0 Å². The zero-order chi connectivity index (χ0) is 28.3. The summed E-state index contributed by atoms with van der Waals surface area (Å²) in [6, 6.07) is 11.3. The average molecular weight is 546 g/mol. The molecule has 0 saturated carbocycles. The Morgan fingerprint density at radius 3 is 2.78 bits per heavy atom. The third kappa shape index (κ3) is 5.35. The molecule has 0 bridgehead atoms. The normalized spacial score (nSPS) is 13.6. The largest absolute Gasteiger partial charge is 0.456 e. The summed E-state index contributed by atoms with van der Waals surface area (Å²) in [5.74, 6) is 4.87. The fourth-order valence-corrected chi connectivity index (χ4v) is 4.83. The molecule has 2 N–H and O–H groups in total. The summed E-state index contributed by atoms with van der Waals surface area (Å²) in [5, 5.41) is 6.28. The van der Waals surface area contributed by atoms with Crippen molar-refractivity contribution < 1.29 is 9.53 Å². The Morgan fingerprint density at radius 2 is 1.98 bits per heavy atom. The summed E-state index contributed by atoms with van der Waals surface area (Å²) < 4.78 is 8.06. The molecular weight excluding hydrogens is 518 g/mol. The first-order valence-corrected chi connectivity index (χ1v) is 13.1. The molecular formula is C30H27N9O2. The van der Waals surface area contributed by atoms with Gasteiger partial charge >= 0.3 is 0 Å². The minimum Gasteiger partial charge on any atom is -0.456 e. The number of anilines is 3. The zero-order valence-electron chi connectivity index (χ0n) is 22.4. The molecule has 11 heteroatoms. The van der Waals surface area contributed by atoms with Crippen molar-refractivity contribution in [3.63, 3.8) is 0 Å². The van der Waals surface area contributed by atoms with E-state index in [-0.39, 0.29) is 11.9 Å². The molecule has 0 spiro atoms. The van der Waals surface area contributed by atoms with Gasteiger partial charge in [-0.15, -0.1) is 6.42 Å². The quantitative estimate of drug-likeness (QED) is 0.230. The van der Waals surface area contributed by atoms with Crippen LogP contribution in [0.25, 0.3) is 22.1 Å². The highest BCUT2D eigenvalue weighted by atomic mass is 16.5. The molecule has 3 aromatic heterocycles. The third-order valence-corrected chi connectivity index (χ3v) is 7.00. The number of nitrogens with zero attached hydrogens (tertiary/aromatic N) is 7. The molecule has 4 heterocycles. The van der Waals surface area contributed by atoms with Gasteiger partial charge in [-0.1, -0.05) is 12.5 Å². The molecule has 0 atom stereocenters. The number of piperidine rings is 1. The van der Waals surface area contributed by atoms with Gasteiger partial charge in [-0.05, 0) is 49.2 Å². The number of rotatable bonds is 7. The van der Waals surface area contributed by atoms with Crippen molar-refractivity contribution in [1.29, 1.82) is 0 Å². The van der Waals surface area contributed by atoms with Gasteiger partial charge < -0.3 is 24.8 Å². The second-order valence-electron chi connectivity index (χ2n) is 9.69. The summed E-state index contributed by atoms with van der Waals surface area (Å²) in [7, 11) is 1.95. The van der Waals surface area contributed by atoms with E-state index in [0.29, 0.717) is 53.0 Å². The molecule has 1 saturated heterocycles. The molecule has 41 heavy (non-hydrogen) atoms. The van der Waals surface area contributed by atoms with Crippen LogP contribution in [0.1, 0.15) is 18.4 Å². The van der Waals surface area contributed by atoms with E-state index < -0.39 is 0 Å². The van der Waals surface area contributed by atoms with Crippen LogP contribution in [0.3, 0.4) is 0 Å². The van der Waals surface area contributed by atoms with Crippen LogP contribution < -0.4 is 20.3 Å². The van der Waals surface area contributed by atoms with Crippen LogP contribution in [0.2, 0.25) is 0 Å². The average Bonchev–Trinajstić information content (AvgIpc) is 3.37. The van der Waals surface area contributed by atoms with Gasteiger partial charge in [0.25, 0.3) is 0 Å². The van der Waals surface area contributed by atoms with Crippen molar-refractivity contribution in [2.45, 2.75) is 18.9 Å². The molecule has 1 fully saturated rings. The maximum Gasteiger partial charge on any atom is 0.243 e. The third-order valence-electron chi connectivity index (χ3n) is 7.00. The fraction of sp³-hybridized carbons (Fsp3) is 0.200. The number of nitrogens with one attached hydrogen (secondary N) is 2. The minimum atomic E-state index is -0.156. The highest BCUT2D eigenvalue weighted by Crippen LogP contribution is 2.31. The number of imidazole rings is 1. The van der Waals surface area contributed by atoms with Gasteiger partial charge in [-0.25, -0.2) is 24.9 Å². The predicted octanol–water partition coefficient (Wildman–Crippen LogP) is 4.09. The lowest BCUT2D eigenvalue weighted by molar-refractivity contribution is -0.117. The molecule has 1 aliphatic heterocycles. The second kappa shape index (κ2) is 10.9. The van der Waals surface area contributed by atoms with E-state index in [1.807, 2.05) is 48.0 Å². The summed E-state index contributed by atoms with van der Waals surface area (Å²) in [5.41, 5.74) is 4.36. The van der Waals surface area contributed by atoms with E-state index in [1.54, 1.807) is 12.5 Å². The van der Waals surface area contributed by atoms with Crippen molar-refractivity contribution in [2.24, 2.45) is 7.05 Å². The number of aromatic nitrogens is 6. The molecule has 2 aromatic carbocycles. The molecule has 5 aromatic rings. The number of carbonyl (C=O) groups excluding carboxylic acids is 1. The van der Waals surface area contributed by atoms with Gasteiger partial charge in [0.05, 0.1) is 29.1 Å². The van der Waals surface area contributed by atoms with Gasteiger partial charge in [-0.3, -0.25) is 4.79 Å². The van der Waals surface area contributed by atoms with Crippen LogP contribution in [0, 0.1) is 12.3 Å². The number of amides is 1. The van der Waals surface area contributed by atoms with Crippen LogP contribution in [0.4, 0.5) is 17.5 Å². The van der Waals surface area contributed by atoms with Gasteiger partial charge in [0.15, 0.2) is 5.82 Å². The molecule has 0 radical (unpaired) electrons. The summed E-state index contributed by atoms with van der Waals surface area (Å²) in [6.45, 7) is 4.94. The van der Waals surface area contributed by atoms with Crippen LogP contribution in [-0.2, 0) is 11.8 Å². The summed E-state index contributed by atoms with van der Waals surface area (Å²) >= 11 is 0. The van der Waals surface area contributed by atoms with Crippen LogP contribution >= 0.6 is 0 Å². The number of fused-ring (bicyclic) bond motifs is 2. The Bertz CT molecular complexity index is 1820. The van der Waals surface area contributed by atoms with Crippen LogP contribution in [0.15, 0.2) is 67.9 Å². The lowest BCUT2D eigenvalue weighted by Gasteiger charge is -2.32. The smallest absolute Gasteiger partial charge is 0.243 e. The van der Waals surface area contributed by atoms with Crippen molar-refractivity contribution in [2.75, 3.05) is 23.3 Å². The number of terminal acetylenes is 1. The molecule has 11 nitrogen and oxygen atoms in total. The van der Waals surface area contributed by atoms with Crippen molar-refractivity contribution in [1.82, 2.24) is 34.8 Å². The van der Waals surface area contributed by atoms with E-state index in [0.717, 1.165) is 29.6 Å². The van der Waals surface area contributed by atoms with E-state index in [4.69, 9.17) is 16.1 Å². The Labute approximate surface area is 236 Å². The maximum atomic E-state index is 11.6. The number of carbonyl (C=O) groups is 1. The number of hydrogen-bond acceptors (Lipinski definition) is 9. The molecule has 0 unspecified atom stereocenters. The number of ether oxygens (including phenoxy) is 1. The number of aryl methyl sites for hydroxylation is 1. The number of hydrogen-bond donors (Lipinski definition) is 2. The molecule has 204 valence electrons. The van der Waals surface area contributed by atoms with E-state index in [9.17, 15) is 4.79 Å². The Kier molecular flexibility index (Phi) is 6.87. The fourth-order valence-electron chi connectivity index (χ4n) is 4.83. The first kappa shape index (κ1) is 25.8. The molecule has 6 rings (SSSR count). The lowest BCUT2D eigenvalue weighted by Crippen LogP contribution is -2.44. The van der Waals surface area contributed by atoms with Crippen molar-refractivity contribution >= 4 is 45.4 Å². The maximum absolute atomic E-state index is 11.6. The molecule has 0 aliphatic carbocycles. The van der Waals surface area contributed by atoms with Gasteiger partial charge in [0.1, 0.15) is 28.9 Å². The van der Waals surface area contributed by atoms with Crippen LogP contribution in [-0.4, -0.2) is 54.5 Å². The van der Waals surface area contributed by atoms with Crippen molar-refractivity contribution in [3.05, 3.63) is 73.5 Å². The minimum absolute atomic E-state index is 0.105. The van der Waals surface area contributed by atoms with Gasteiger partial charge in [0.2, 0.25) is 11.9 Å². The number of benzene rings is 2. The Balaban J connectivity index is 1.21. The van der Waals surface area contributed by atoms with Crippen LogP contribution in [0.5, 0.6) is 11.5 Å². The van der Waals surface area contributed by atoms with E-state index in [1.165, 1.54) is 12.4 Å². The lowest BCUT2D eigenvalue weighted by atomic mass is 10.1. The highest BCUT2D eigenvalue weighted by Gasteiger charge is 2.22. The topological polar surface area (TPSA) is 123 Å². The zero-order valence-corrected chi connectivity index (χ0v) is 22.4. The summed E-state index contributed by atoms with van der Waals surface area (Å²) in [6.07, 6.45) is 13.6. The first-order valence-electron chi connectivity index (χ1n) is 13.1. The SMILES string of the molecule is C#Cc1cc(Nc2ncnc3cnc(N4CCC(NC(=O)C=C)CC4)nc23)ccc1Oc1ccc2c(c1)ncn2C. The summed E-state index contributed by atoms with van der Waals surface area (Å²) in [4.78, 5) is 36.2. The monoisotopic (exact) mass is 545 g/mol. The van der Waals surface area contributed by atoms with Gasteiger partial charge in [-0.2, -0.15) is 0 Å². The van der Waals surface area contributed by atoms with Gasteiger partial charge in [0, 0.05) is 37.9 Å². The standard InChI is InChI=1S/C30H27N9O2/c1-4-19-14-21(6-9-26(19)41-22-7-8-25-23(15-22)34-18-38(25)3)36-29-28-24(32-17-33-29)16-31-30(37-28)39-12-10-20(11-13-39)35-27(40)5-2/h1,5-9,14-18,20H,2,10-13H2,3H3,(H,35,40)(H,32,33,36). The predicted molar refractivity (Wildman–Crippen MR) is 157 cm³/mol. The Morgan fingerprint density at radius 1 is 1.12 bits per heavy atom. The molecule has 1 amide bonds.